The number of hydrogen-bond acceptors (Lipinski definition) is 10. The normalized spacial score (nSPS) is 17.2. The molecule has 2 aliphatic heterocycles. The summed E-state index contributed by atoms with van der Waals surface area (Å²) in [6, 6.07) is 29.2. The first kappa shape index (κ1) is 35.4. The smallest absolute Gasteiger partial charge is 0.127 e. The third-order valence-corrected chi connectivity index (χ3v) is 7.40. The van der Waals surface area contributed by atoms with Gasteiger partial charge in [-0.1, -0.05) is 0 Å². The summed E-state index contributed by atoms with van der Waals surface area (Å²) in [6.07, 6.45) is -0.857. The molecule has 0 spiro atoms. The fraction of sp³-hybridized carbons (Fsp3) is 0.333. The van der Waals surface area contributed by atoms with Crippen molar-refractivity contribution >= 4 is 23.2 Å². The Hall–Kier alpha value is -3.90. The lowest BCUT2D eigenvalue weighted by Gasteiger charge is -2.11. The Morgan fingerprint density at radius 1 is 0.479 bits per heavy atom. The van der Waals surface area contributed by atoms with Crippen LogP contribution in [-0.2, 0) is 9.47 Å². The third kappa shape index (κ3) is 13.0. The van der Waals surface area contributed by atoms with Crippen molar-refractivity contribution in [2.24, 2.45) is 0 Å². The van der Waals surface area contributed by atoms with E-state index in [0.29, 0.717) is 36.2 Å². The van der Waals surface area contributed by atoms with Gasteiger partial charge in [-0.2, -0.15) is 0 Å². The predicted octanol–water partition coefficient (Wildman–Crippen LogP) is 6.47. The summed E-state index contributed by atoms with van der Waals surface area (Å²) in [5.74, 6) is 5.97. The van der Waals surface area contributed by atoms with Crippen molar-refractivity contribution < 1.29 is 48.1 Å². The highest BCUT2D eigenvalue weighted by Crippen LogP contribution is 2.28. The van der Waals surface area contributed by atoms with Crippen molar-refractivity contribution in [2.45, 2.75) is 24.4 Å². The highest BCUT2D eigenvalue weighted by atomic mass is 35.5. The first-order valence-corrected chi connectivity index (χ1v) is 16.5. The van der Waals surface area contributed by atoms with Gasteiger partial charge in [-0.25, -0.2) is 0 Å². The average Bonchev–Trinajstić information content (AvgIpc) is 4.07. The van der Waals surface area contributed by atoms with Gasteiger partial charge in [0.05, 0.1) is 25.0 Å². The highest BCUT2D eigenvalue weighted by Gasteiger charge is 2.23. The van der Waals surface area contributed by atoms with E-state index in [1.807, 2.05) is 48.5 Å². The minimum Gasteiger partial charge on any atom is -0.491 e. The first-order valence-electron chi connectivity index (χ1n) is 15.4. The first-order chi connectivity index (χ1) is 23.4. The Morgan fingerprint density at radius 2 is 0.729 bits per heavy atom. The van der Waals surface area contributed by atoms with Gasteiger partial charge in [0, 0.05) is 0 Å². The molecule has 4 atom stereocenters. The summed E-state index contributed by atoms with van der Waals surface area (Å²) in [5.41, 5.74) is 0. The van der Waals surface area contributed by atoms with E-state index in [1.165, 1.54) is 0 Å². The Morgan fingerprint density at radius 3 is 0.979 bits per heavy atom. The molecule has 4 unspecified atom stereocenters. The zero-order valence-electron chi connectivity index (χ0n) is 26.1. The molecular formula is C36H38Cl2O10. The molecule has 0 saturated carbocycles. The second-order valence-electron chi connectivity index (χ2n) is 10.9. The number of ether oxygens (including phenoxy) is 8. The molecule has 12 heteroatoms. The molecule has 4 aromatic rings. The summed E-state index contributed by atoms with van der Waals surface area (Å²) in [5, 5.41) is 18.7. The standard InChI is InChI=1S/C18H20Cl2O5.C18H18O5/c19-9-13(21)11-23-15-1-5-17(6-2-15)25-18-7-3-16(4-8-18)24-12-14(22)10-20;1-5-15(6-2-13(1)19-9-17-11-21-17)23-16-7-3-14(4-8-16)20-10-18-12-22-18/h1-8,13-14,21-22H,9-12H2;1-8,17-18H,9-12H2. The lowest BCUT2D eigenvalue weighted by molar-refractivity contribution is 0.125. The topological polar surface area (TPSA) is 121 Å². The van der Waals surface area contributed by atoms with Crippen molar-refractivity contribution in [3.8, 4) is 46.0 Å². The molecule has 2 N–H and O–H groups in total. The molecule has 0 radical (unpaired) electrons. The van der Waals surface area contributed by atoms with Gasteiger partial charge < -0.3 is 48.1 Å². The van der Waals surface area contributed by atoms with Crippen LogP contribution in [0.2, 0.25) is 0 Å². The molecule has 2 heterocycles. The van der Waals surface area contributed by atoms with Crippen LogP contribution in [0.3, 0.4) is 0 Å². The minimum absolute atomic E-state index is 0.131. The van der Waals surface area contributed by atoms with Gasteiger partial charge in [-0.05, 0) is 97.1 Å². The van der Waals surface area contributed by atoms with E-state index in [0.717, 1.165) is 36.2 Å². The van der Waals surface area contributed by atoms with E-state index in [4.69, 9.17) is 61.1 Å². The van der Waals surface area contributed by atoms with Crippen molar-refractivity contribution in [3.05, 3.63) is 97.1 Å². The zero-order valence-corrected chi connectivity index (χ0v) is 27.6. The van der Waals surface area contributed by atoms with E-state index < -0.39 is 12.2 Å². The van der Waals surface area contributed by atoms with Crippen LogP contribution in [0.15, 0.2) is 97.1 Å². The predicted molar refractivity (Wildman–Crippen MR) is 181 cm³/mol. The second-order valence-corrected chi connectivity index (χ2v) is 11.5. The van der Waals surface area contributed by atoms with Crippen LogP contribution in [0.4, 0.5) is 0 Å². The van der Waals surface area contributed by atoms with Crippen LogP contribution in [-0.4, -0.2) is 86.0 Å². The molecule has 2 saturated heterocycles. The van der Waals surface area contributed by atoms with Crippen molar-refractivity contribution in [2.75, 3.05) is 51.4 Å². The molecule has 0 aromatic heterocycles. The van der Waals surface area contributed by atoms with Crippen LogP contribution in [0.1, 0.15) is 0 Å². The molecule has 4 aromatic carbocycles. The van der Waals surface area contributed by atoms with Crippen molar-refractivity contribution in [1.82, 2.24) is 0 Å². The summed E-state index contributed by atoms with van der Waals surface area (Å²) in [6.45, 7) is 3.09. The summed E-state index contributed by atoms with van der Waals surface area (Å²) in [4.78, 5) is 0. The number of benzene rings is 4. The van der Waals surface area contributed by atoms with Gasteiger partial charge in [0.25, 0.3) is 0 Å². The number of aliphatic hydroxyl groups excluding tert-OH is 2. The van der Waals surface area contributed by atoms with Crippen LogP contribution >= 0.6 is 23.2 Å². The fourth-order valence-corrected chi connectivity index (χ4v) is 4.05. The zero-order chi connectivity index (χ0) is 33.6. The fourth-order valence-electron chi connectivity index (χ4n) is 3.87. The quantitative estimate of drug-likeness (QED) is 0.0883. The molecule has 2 aliphatic rings. The molecule has 256 valence electrons. The number of hydrogen-bond donors (Lipinski definition) is 2. The molecule has 10 nitrogen and oxygen atoms in total. The van der Waals surface area contributed by atoms with E-state index >= 15 is 0 Å². The number of alkyl halides is 2. The lowest BCUT2D eigenvalue weighted by Crippen LogP contribution is -2.18. The molecular weight excluding hydrogens is 663 g/mol. The molecule has 0 amide bonds. The van der Waals surface area contributed by atoms with Crippen LogP contribution in [0, 0.1) is 0 Å². The maximum atomic E-state index is 9.36. The maximum Gasteiger partial charge on any atom is 0.127 e. The number of halogens is 2. The number of rotatable bonds is 18. The van der Waals surface area contributed by atoms with E-state index in [-0.39, 0.29) is 37.2 Å². The largest absolute Gasteiger partial charge is 0.491 e. The van der Waals surface area contributed by atoms with Crippen LogP contribution in [0.5, 0.6) is 46.0 Å². The summed E-state index contributed by atoms with van der Waals surface area (Å²) in [7, 11) is 0. The maximum absolute atomic E-state index is 9.36. The molecule has 0 aliphatic carbocycles. The Balaban J connectivity index is 0.000000188. The SMILES string of the molecule is OC(CCl)COc1ccc(Oc2ccc(OCC(O)CCl)cc2)cc1.c1cc(Oc2ccc(OCC3CO3)cc2)ccc1OCC1CO1. The molecule has 6 rings (SSSR count). The van der Waals surface area contributed by atoms with Crippen molar-refractivity contribution in [3.63, 3.8) is 0 Å². The third-order valence-electron chi connectivity index (χ3n) is 6.68. The molecule has 0 bridgehead atoms. The van der Waals surface area contributed by atoms with Crippen LogP contribution in [0.25, 0.3) is 0 Å². The lowest BCUT2D eigenvalue weighted by atomic mass is 10.3. The van der Waals surface area contributed by atoms with Gasteiger partial charge in [0.2, 0.25) is 0 Å². The number of epoxide rings is 2. The number of aliphatic hydroxyl groups is 2. The summed E-state index contributed by atoms with van der Waals surface area (Å²) >= 11 is 11.0. The van der Waals surface area contributed by atoms with Gasteiger partial charge in [-0.15, -0.1) is 23.2 Å². The summed E-state index contributed by atoms with van der Waals surface area (Å²) < 4.78 is 43.7. The van der Waals surface area contributed by atoms with Crippen molar-refractivity contribution in [1.29, 1.82) is 0 Å². The van der Waals surface area contributed by atoms with Crippen LogP contribution < -0.4 is 28.4 Å². The highest BCUT2D eigenvalue weighted by molar-refractivity contribution is 6.18. The monoisotopic (exact) mass is 700 g/mol. The molecule has 48 heavy (non-hydrogen) atoms. The van der Waals surface area contributed by atoms with Gasteiger partial charge in [-0.3, -0.25) is 0 Å². The molecule has 2 fully saturated rings. The van der Waals surface area contributed by atoms with E-state index in [1.54, 1.807) is 48.5 Å². The Kier molecular flexibility index (Phi) is 13.7. The Labute approximate surface area is 289 Å². The average molecular weight is 702 g/mol. The van der Waals surface area contributed by atoms with Gasteiger partial charge >= 0.3 is 0 Å². The second kappa shape index (κ2) is 18.6. The van der Waals surface area contributed by atoms with Gasteiger partial charge in [0.15, 0.2) is 0 Å². The van der Waals surface area contributed by atoms with E-state index in [9.17, 15) is 10.2 Å². The van der Waals surface area contributed by atoms with Gasteiger partial charge in [0.1, 0.15) is 96.8 Å². The van der Waals surface area contributed by atoms with E-state index in [2.05, 4.69) is 0 Å². The Bertz CT molecular complexity index is 1370. The minimum atomic E-state index is -0.691.